The van der Waals surface area contributed by atoms with E-state index in [2.05, 4.69) is 17.3 Å². The van der Waals surface area contributed by atoms with E-state index < -0.39 is 0 Å². The van der Waals surface area contributed by atoms with E-state index in [1.165, 1.54) is 38.6 Å². The molecule has 2 rings (SSSR count). The first-order valence-corrected chi connectivity index (χ1v) is 6.83. The summed E-state index contributed by atoms with van der Waals surface area (Å²) in [5, 5.41) is 12.8. The van der Waals surface area contributed by atoms with Crippen LogP contribution in [0.1, 0.15) is 38.5 Å². The summed E-state index contributed by atoms with van der Waals surface area (Å²) in [4.78, 5) is 2.41. The maximum Gasteiger partial charge on any atom is 0.0434 e. The molecule has 1 aliphatic heterocycles. The topological polar surface area (TPSA) is 35.5 Å². The number of likely N-dealkylation sites (tertiary alicyclic amines) is 1. The Balaban J connectivity index is 1.78. The van der Waals surface area contributed by atoms with Gasteiger partial charge in [-0.3, -0.25) is 0 Å². The summed E-state index contributed by atoms with van der Waals surface area (Å²) in [5.74, 6) is 0.683. The van der Waals surface area contributed by atoms with Gasteiger partial charge in [0.05, 0.1) is 0 Å². The highest BCUT2D eigenvalue weighted by Crippen LogP contribution is 2.23. The van der Waals surface area contributed by atoms with Gasteiger partial charge in [-0.15, -0.1) is 0 Å². The molecule has 0 aromatic heterocycles. The standard InChI is InChI=1S/C13H26N2O/c1-15-9-11(6-7-16)8-13(10-15)14-12-4-2-3-5-12/h11-14,16H,2-10H2,1H3. The molecule has 0 spiro atoms. The second-order valence-electron chi connectivity index (χ2n) is 5.68. The number of nitrogens with zero attached hydrogens (tertiary/aromatic N) is 1. The zero-order chi connectivity index (χ0) is 11.4. The highest BCUT2D eigenvalue weighted by molar-refractivity contribution is 4.86. The van der Waals surface area contributed by atoms with Gasteiger partial charge in [0.2, 0.25) is 0 Å². The molecule has 0 radical (unpaired) electrons. The van der Waals surface area contributed by atoms with E-state index in [-0.39, 0.29) is 0 Å². The highest BCUT2D eigenvalue weighted by Gasteiger charge is 2.27. The van der Waals surface area contributed by atoms with Crippen molar-refractivity contribution < 1.29 is 5.11 Å². The molecular weight excluding hydrogens is 200 g/mol. The number of aliphatic hydroxyl groups is 1. The Morgan fingerprint density at radius 3 is 2.62 bits per heavy atom. The zero-order valence-corrected chi connectivity index (χ0v) is 10.5. The molecule has 0 amide bonds. The average Bonchev–Trinajstić information content (AvgIpc) is 2.70. The van der Waals surface area contributed by atoms with Crippen molar-refractivity contribution in [1.29, 1.82) is 0 Å². The van der Waals surface area contributed by atoms with Crippen molar-refractivity contribution in [3.05, 3.63) is 0 Å². The molecule has 94 valence electrons. The Bertz CT molecular complexity index is 204. The summed E-state index contributed by atoms with van der Waals surface area (Å²) in [6.45, 7) is 2.68. The van der Waals surface area contributed by atoms with Crippen molar-refractivity contribution in [2.75, 3.05) is 26.7 Å². The molecule has 2 atom stereocenters. The summed E-state index contributed by atoms with van der Waals surface area (Å²) < 4.78 is 0. The second kappa shape index (κ2) is 5.99. The van der Waals surface area contributed by atoms with Crippen LogP contribution < -0.4 is 5.32 Å². The van der Waals surface area contributed by atoms with Crippen LogP contribution in [0.5, 0.6) is 0 Å². The van der Waals surface area contributed by atoms with Crippen LogP contribution in [0, 0.1) is 5.92 Å². The molecule has 2 aliphatic rings. The molecule has 1 saturated carbocycles. The van der Waals surface area contributed by atoms with Gasteiger partial charge in [0.25, 0.3) is 0 Å². The van der Waals surface area contributed by atoms with Crippen LogP contribution in [0.3, 0.4) is 0 Å². The van der Waals surface area contributed by atoms with Gasteiger partial charge in [0.1, 0.15) is 0 Å². The minimum absolute atomic E-state index is 0.342. The first-order valence-electron chi connectivity index (χ1n) is 6.83. The van der Waals surface area contributed by atoms with Gasteiger partial charge in [-0.05, 0) is 38.6 Å². The summed E-state index contributed by atoms with van der Waals surface area (Å²) in [7, 11) is 2.20. The lowest BCUT2D eigenvalue weighted by Crippen LogP contribution is -2.50. The van der Waals surface area contributed by atoms with Crippen molar-refractivity contribution in [3.63, 3.8) is 0 Å². The van der Waals surface area contributed by atoms with Crippen molar-refractivity contribution in [1.82, 2.24) is 10.2 Å². The number of aliphatic hydroxyl groups excluding tert-OH is 1. The predicted molar refractivity (Wildman–Crippen MR) is 66.5 cm³/mol. The van der Waals surface area contributed by atoms with Crippen LogP contribution in [0.2, 0.25) is 0 Å². The normalized spacial score (nSPS) is 33.4. The Kier molecular flexibility index (Phi) is 4.62. The Labute approximate surface area is 99.2 Å². The van der Waals surface area contributed by atoms with Crippen molar-refractivity contribution in [2.45, 2.75) is 50.6 Å². The molecule has 1 saturated heterocycles. The Hall–Kier alpha value is -0.120. The summed E-state index contributed by atoms with van der Waals surface area (Å²) in [5.41, 5.74) is 0. The van der Waals surface area contributed by atoms with Gasteiger partial charge < -0.3 is 15.3 Å². The number of likely N-dealkylation sites (N-methyl/N-ethyl adjacent to an activating group) is 1. The van der Waals surface area contributed by atoms with Gasteiger partial charge in [-0.2, -0.15) is 0 Å². The lowest BCUT2D eigenvalue weighted by atomic mass is 9.91. The molecule has 2 N–H and O–H groups in total. The van der Waals surface area contributed by atoms with E-state index in [0.29, 0.717) is 18.6 Å². The lowest BCUT2D eigenvalue weighted by molar-refractivity contribution is 0.137. The molecule has 3 heteroatoms. The monoisotopic (exact) mass is 226 g/mol. The van der Waals surface area contributed by atoms with Crippen molar-refractivity contribution >= 4 is 0 Å². The zero-order valence-electron chi connectivity index (χ0n) is 10.5. The van der Waals surface area contributed by atoms with Crippen LogP contribution in [0.25, 0.3) is 0 Å². The third kappa shape index (κ3) is 3.44. The molecular formula is C13H26N2O. The van der Waals surface area contributed by atoms with E-state index in [1.54, 1.807) is 0 Å². The Morgan fingerprint density at radius 1 is 1.19 bits per heavy atom. The predicted octanol–water partition coefficient (Wildman–Crippen LogP) is 1.22. The minimum atomic E-state index is 0.342. The van der Waals surface area contributed by atoms with Gasteiger partial charge in [-0.25, -0.2) is 0 Å². The average molecular weight is 226 g/mol. The molecule has 2 unspecified atom stereocenters. The second-order valence-corrected chi connectivity index (χ2v) is 5.68. The first kappa shape index (κ1) is 12.3. The third-order valence-corrected chi connectivity index (χ3v) is 4.08. The van der Waals surface area contributed by atoms with Crippen molar-refractivity contribution in [2.24, 2.45) is 5.92 Å². The summed E-state index contributed by atoms with van der Waals surface area (Å²) in [6.07, 6.45) is 7.75. The SMILES string of the molecule is CN1CC(CCO)CC(NC2CCCC2)C1. The maximum absolute atomic E-state index is 9.04. The fourth-order valence-corrected chi connectivity index (χ4v) is 3.38. The molecule has 1 heterocycles. The number of hydrogen-bond donors (Lipinski definition) is 2. The van der Waals surface area contributed by atoms with Crippen LogP contribution in [0.4, 0.5) is 0 Å². The van der Waals surface area contributed by atoms with E-state index in [1.807, 2.05) is 0 Å². The largest absolute Gasteiger partial charge is 0.396 e. The van der Waals surface area contributed by atoms with Gasteiger partial charge >= 0.3 is 0 Å². The van der Waals surface area contributed by atoms with E-state index in [4.69, 9.17) is 5.11 Å². The quantitative estimate of drug-likeness (QED) is 0.756. The van der Waals surface area contributed by atoms with Crippen LogP contribution in [-0.2, 0) is 0 Å². The molecule has 0 aromatic rings. The van der Waals surface area contributed by atoms with Crippen LogP contribution >= 0.6 is 0 Å². The van der Waals surface area contributed by atoms with Crippen LogP contribution in [-0.4, -0.2) is 48.8 Å². The van der Waals surface area contributed by atoms with Crippen LogP contribution in [0.15, 0.2) is 0 Å². The van der Waals surface area contributed by atoms with Gasteiger partial charge in [0, 0.05) is 31.8 Å². The van der Waals surface area contributed by atoms with E-state index in [0.717, 1.165) is 19.0 Å². The van der Waals surface area contributed by atoms with E-state index >= 15 is 0 Å². The smallest absolute Gasteiger partial charge is 0.0434 e. The third-order valence-electron chi connectivity index (χ3n) is 4.08. The number of piperidine rings is 1. The van der Waals surface area contributed by atoms with E-state index in [9.17, 15) is 0 Å². The lowest BCUT2D eigenvalue weighted by Gasteiger charge is -2.37. The number of nitrogens with one attached hydrogen (secondary N) is 1. The summed E-state index contributed by atoms with van der Waals surface area (Å²) in [6, 6.07) is 1.42. The molecule has 0 bridgehead atoms. The maximum atomic E-state index is 9.04. The molecule has 1 aliphatic carbocycles. The van der Waals surface area contributed by atoms with Gasteiger partial charge in [0.15, 0.2) is 0 Å². The highest BCUT2D eigenvalue weighted by atomic mass is 16.3. The molecule has 2 fully saturated rings. The molecule has 3 nitrogen and oxygen atoms in total. The fourth-order valence-electron chi connectivity index (χ4n) is 3.38. The number of hydrogen-bond acceptors (Lipinski definition) is 3. The molecule has 0 aromatic carbocycles. The molecule has 16 heavy (non-hydrogen) atoms. The van der Waals surface area contributed by atoms with Crippen molar-refractivity contribution in [3.8, 4) is 0 Å². The fraction of sp³-hybridized carbons (Fsp3) is 1.00. The first-order chi connectivity index (χ1) is 7.78. The van der Waals surface area contributed by atoms with Gasteiger partial charge in [-0.1, -0.05) is 12.8 Å². The minimum Gasteiger partial charge on any atom is -0.396 e. The number of rotatable bonds is 4. The summed E-state index contributed by atoms with van der Waals surface area (Å²) >= 11 is 0. The Morgan fingerprint density at radius 2 is 1.94 bits per heavy atom.